The van der Waals surface area contributed by atoms with Crippen LogP contribution in [0.25, 0.3) is 0 Å². The Morgan fingerprint density at radius 2 is 1.60 bits per heavy atom. The molecule has 0 bridgehead atoms. The summed E-state index contributed by atoms with van der Waals surface area (Å²) < 4.78 is 38.0. The van der Waals surface area contributed by atoms with Crippen molar-refractivity contribution in [1.82, 2.24) is 15.8 Å². The lowest BCUT2D eigenvalue weighted by Gasteiger charge is -2.21. The summed E-state index contributed by atoms with van der Waals surface area (Å²) in [6.45, 7) is 1.34. The van der Waals surface area contributed by atoms with Crippen LogP contribution < -0.4 is 16.2 Å². The maximum absolute atomic E-state index is 12.7. The van der Waals surface area contributed by atoms with Gasteiger partial charge in [0.25, 0.3) is 11.8 Å². The Balaban J connectivity index is 2.08. The number of amides is 3. The Morgan fingerprint density at radius 3 is 2.17 bits per heavy atom. The number of hydrogen-bond donors (Lipinski definition) is 4. The van der Waals surface area contributed by atoms with Crippen molar-refractivity contribution in [1.29, 1.82) is 0 Å². The van der Waals surface area contributed by atoms with Gasteiger partial charge >= 0.3 is 12.3 Å². The van der Waals surface area contributed by atoms with Crippen molar-refractivity contribution in [2.24, 2.45) is 0 Å². The Morgan fingerprint density at radius 1 is 1.00 bits per heavy atom. The number of likely N-dealkylation sites (N-methyl/N-ethyl adjacent to an activating group) is 1. The van der Waals surface area contributed by atoms with Crippen LogP contribution in [0.3, 0.4) is 0 Å². The number of carbonyl (C=O) groups is 3. The van der Waals surface area contributed by atoms with Gasteiger partial charge in [0, 0.05) is 12.7 Å². The molecule has 0 aromatic heterocycles. The molecule has 0 saturated carbocycles. The fraction of sp³-hybridized carbons (Fsp3) is 0.211. The predicted molar refractivity (Wildman–Crippen MR) is 102 cm³/mol. The fourth-order valence-electron chi connectivity index (χ4n) is 2.32. The van der Waals surface area contributed by atoms with Crippen LogP contribution in [0.4, 0.5) is 29.3 Å². The summed E-state index contributed by atoms with van der Waals surface area (Å²) in [5.74, 6) is -1.45. The van der Waals surface area contributed by atoms with Crippen molar-refractivity contribution in [3.05, 3.63) is 59.7 Å². The minimum atomic E-state index is -4.46. The molecule has 2 aromatic carbocycles. The molecule has 160 valence electrons. The summed E-state index contributed by atoms with van der Waals surface area (Å²) in [4.78, 5) is 36.1. The summed E-state index contributed by atoms with van der Waals surface area (Å²) in [7, 11) is 1.21. The van der Waals surface area contributed by atoms with Crippen LogP contribution in [0, 0.1) is 0 Å². The van der Waals surface area contributed by atoms with Crippen LogP contribution >= 0.6 is 0 Å². The number of anilines is 2. The number of halogens is 3. The molecule has 11 heteroatoms. The standard InChI is InChI=1S/C19H19F3N4O4/c1-11(26(2)18(29)30)16(27)24-25-17(28)14-5-3-4-6-15(14)23-13-9-7-12(8-10-13)19(20,21)22/h3-11,23H,1-2H3,(H,24,27)(H,25,28)(H,29,30). The zero-order valence-corrected chi connectivity index (χ0v) is 15.9. The average molecular weight is 424 g/mol. The monoisotopic (exact) mass is 424 g/mol. The maximum atomic E-state index is 12.7. The van der Waals surface area contributed by atoms with Crippen molar-refractivity contribution < 1.29 is 32.7 Å². The van der Waals surface area contributed by atoms with Gasteiger partial charge in [-0.1, -0.05) is 12.1 Å². The highest BCUT2D eigenvalue weighted by Gasteiger charge is 2.30. The molecule has 0 aliphatic carbocycles. The van der Waals surface area contributed by atoms with Crippen molar-refractivity contribution in [2.75, 3.05) is 12.4 Å². The Bertz CT molecular complexity index is 932. The maximum Gasteiger partial charge on any atom is 0.416 e. The molecule has 0 heterocycles. The van der Waals surface area contributed by atoms with Gasteiger partial charge in [0.2, 0.25) is 0 Å². The van der Waals surface area contributed by atoms with E-state index >= 15 is 0 Å². The molecule has 1 unspecified atom stereocenters. The van der Waals surface area contributed by atoms with Crippen LogP contribution in [-0.2, 0) is 11.0 Å². The van der Waals surface area contributed by atoms with E-state index in [1.165, 1.54) is 38.2 Å². The molecular formula is C19H19F3N4O4. The second-order valence-electron chi connectivity index (χ2n) is 6.26. The number of nitrogens with zero attached hydrogens (tertiary/aromatic N) is 1. The van der Waals surface area contributed by atoms with Crippen molar-refractivity contribution in [3.8, 4) is 0 Å². The molecule has 0 aliphatic heterocycles. The van der Waals surface area contributed by atoms with Crippen molar-refractivity contribution in [2.45, 2.75) is 19.1 Å². The lowest BCUT2D eigenvalue weighted by molar-refractivity contribution is -0.137. The first-order chi connectivity index (χ1) is 14.0. The molecule has 0 radical (unpaired) electrons. The lowest BCUT2D eigenvalue weighted by Crippen LogP contribution is -2.51. The highest BCUT2D eigenvalue weighted by molar-refractivity contribution is 6.01. The number of alkyl halides is 3. The number of hydrazine groups is 1. The molecule has 0 fully saturated rings. The summed E-state index contributed by atoms with van der Waals surface area (Å²) in [6.07, 6.45) is -5.77. The molecule has 0 spiro atoms. The number of benzene rings is 2. The number of para-hydroxylation sites is 1. The third-order valence-corrected chi connectivity index (χ3v) is 4.22. The SMILES string of the molecule is CC(C(=O)NNC(=O)c1ccccc1Nc1ccc(C(F)(F)F)cc1)N(C)C(=O)O. The van der Waals surface area contributed by atoms with Crippen molar-refractivity contribution in [3.63, 3.8) is 0 Å². The van der Waals surface area contributed by atoms with Crippen LogP contribution in [-0.4, -0.2) is 41.0 Å². The largest absolute Gasteiger partial charge is 0.465 e. The van der Waals surface area contributed by atoms with Gasteiger partial charge < -0.3 is 10.4 Å². The van der Waals surface area contributed by atoms with Crippen LogP contribution in [0.5, 0.6) is 0 Å². The number of carbonyl (C=O) groups excluding carboxylic acids is 2. The number of rotatable bonds is 5. The van der Waals surface area contributed by atoms with Gasteiger partial charge in [0.1, 0.15) is 6.04 Å². The highest BCUT2D eigenvalue weighted by atomic mass is 19.4. The average Bonchev–Trinajstić information content (AvgIpc) is 2.70. The van der Waals surface area contributed by atoms with Crippen molar-refractivity contribution >= 4 is 29.3 Å². The molecule has 2 aromatic rings. The zero-order chi connectivity index (χ0) is 22.5. The second kappa shape index (κ2) is 9.16. The van der Waals surface area contributed by atoms with Crippen LogP contribution in [0.15, 0.2) is 48.5 Å². The highest BCUT2D eigenvalue weighted by Crippen LogP contribution is 2.30. The molecule has 3 amide bonds. The third-order valence-electron chi connectivity index (χ3n) is 4.22. The molecule has 1 atom stereocenters. The summed E-state index contributed by atoms with van der Waals surface area (Å²) in [6, 6.07) is 9.38. The van der Waals surface area contributed by atoms with E-state index in [4.69, 9.17) is 5.11 Å². The van der Waals surface area contributed by atoms with E-state index in [9.17, 15) is 27.6 Å². The van der Waals surface area contributed by atoms with E-state index in [0.29, 0.717) is 11.4 Å². The summed E-state index contributed by atoms with van der Waals surface area (Å²) >= 11 is 0. The Labute approximate surface area is 169 Å². The summed E-state index contributed by atoms with van der Waals surface area (Å²) in [5.41, 5.74) is 4.24. The molecule has 2 rings (SSSR count). The first-order valence-electron chi connectivity index (χ1n) is 8.60. The van der Waals surface area contributed by atoms with E-state index in [2.05, 4.69) is 16.2 Å². The van der Waals surface area contributed by atoms with Gasteiger partial charge in [-0.2, -0.15) is 13.2 Å². The van der Waals surface area contributed by atoms with E-state index in [1.54, 1.807) is 12.1 Å². The molecular weight excluding hydrogens is 405 g/mol. The quantitative estimate of drug-likeness (QED) is 0.551. The topological polar surface area (TPSA) is 111 Å². The normalized spacial score (nSPS) is 11.9. The first-order valence-corrected chi connectivity index (χ1v) is 8.60. The fourth-order valence-corrected chi connectivity index (χ4v) is 2.32. The van der Waals surface area contributed by atoms with E-state index in [-0.39, 0.29) is 5.56 Å². The number of nitrogens with one attached hydrogen (secondary N) is 3. The number of hydrogen-bond acceptors (Lipinski definition) is 4. The minimum absolute atomic E-state index is 0.108. The van der Waals surface area contributed by atoms with E-state index < -0.39 is 35.7 Å². The minimum Gasteiger partial charge on any atom is -0.465 e. The van der Waals surface area contributed by atoms with E-state index in [1.807, 2.05) is 0 Å². The van der Waals surface area contributed by atoms with E-state index in [0.717, 1.165) is 17.0 Å². The van der Waals surface area contributed by atoms with Gasteiger partial charge in [0.05, 0.1) is 16.8 Å². The molecule has 0 saturated heterocycles. The van der Waals surface area contributed by atoms with Gasteiger partial charge in [-0.05, 0) is 43.3 Å². The molecule has 0 aliphatic rings. The Kier molecular flexibility index (Phi) is 6.88. The Hall–Kier alpha value is -3.76. The zero-order valence-electron chi connectivity index (χ0n) is 15.9. The van der Waals surface area contributed by atoms with Gasteiger partial charge in [-0.25, -0.2) is 4.79 Å². The molecule has 8 nitrogen and oxygen atoms in total. The van der Waals surface area contributed by atoms with Crippen LogP contribution in [0.2, 0.25) is 0 Å². The second-order valence-corrected chi connectivity index (χ2v) is 6.26. The van der Waals surface area contributed by atoms with Gasteiger partial charge in [-0.3, -0.25) is 25.3 Å². The predicted octanol–water partition coefficient (Wildman–Crippen LogP) is 3.21. The smallest absolute Gasteiger partial charge is 0.416 e. The third kappa shape index (κ3) is 5.63. The molecule has 4 N–H and O–H groups in total. The summed E-state index contributed by atoms with van der Waals surface area (Å²) in [5, 5.41) is 11.7. The number of carboxylic acid groups (broad SMARTS) is 1. The lowest BCUT2D eigenvalue weighted by atomic mass is 10.1. The van der Waals surface area contributed by atoms with Crippen LogP contribution in [0.1, 0.15) is 22.8 Å². The van der Waals surface area contributed by atoms with Gasteiger partial charge in [-0.15, -0.1) is 0 Å². The van der Waals surface area contributed by atoms with Gasteiger partial charge in [0.15, 0.2) is 0 Å². The molecule has 30 heavy (non-hydrogen) atoms. The first kappa shape index (κ1) is 22.5.